The minimum Gasteiger partial charge on any atom is -0.369 e. The summed E-state index contributed by atoms with van der Waals surface area (Å²) >= 11 is 0. The van der Waals surface area contributed by atoms with Gasteiger partial charge < -0.3 is 15.1 Å². The number of carbonyl (C=O) groups is 1. The van der Waals surface area contributed by atoms with Crippen LogP contribution in [0, 0.1) is 11.6 Å². The second-order valence-corrected chi connectivity index (χ2v) is 9.65. The van der Waals surface area contributed by atoms with E-state index in [1.807, 2.05) is 14.0 Å². The summed E-state index contributed by atoms with van der Waals surface area (Å²) in [6, 6.07) is 6.84. The van der Waals surface area contributed by atoms with Gasteiger partial charge >= 0.3 is 0 Å². The third-order valence-electron chi connectivity index (χ3n) is 5.30. The van der Waals surface area contributed by atoms with Crippen LogP contribution in [0.2, 0.25) is 0 Å². The van der Waals surface area contributed by atoms with Crippen LogP contribution >= 0.6 is 0 Å². The fourth-order valence-electron chi connectivity index (χ4n) is 3.47. The number of likely N-dealkylation sites (N-methyl/N-ethyl adjacent to an activating group) is 1. The minimum absolute atomic E-state index is 0.113. The number of nitrogens with zero attached hydrogens (tertiary/aromatic N) is 2. The van der Waals surface area contributed by atoms with Crippen LogP contribution in [0.1, 0.15) is 26.2 Å². The molecular formula is C22H27F2N3O3S. The maximum absolute atomic E-state index is 13.7. The van der Waals surface area contributed by atoms with Crippen molar-refractivity contribution in [2.75, 3.05) is 43.4 Å². The highest BCUT2D eigenvalue weighted by Gasteiger charge is 2.25. The first-order valence-electron chi connectivity index (χ1n) is 10.3. The summed E-state index contributed by atoms with van der Waals surface area (Å²) in [5.41, 5.74) is 0.894. The molecule has 1 amide bonds. The fourth-order valence-corrected chi connectivity index (χ4v) is 4.91. The van der Waals surface area contributed by atoms with Crippen molar-refractivity contribution in [2.24, 2.45) is 0 Å². The normalized spacial score (nSPS) is 15.2. The van der Waals surface area contributed by atoms with Gasteiger partial charge in [-0.15, -0.1) is 0 Å². The van der Waals surface area contributed by atoms with Crippen LogP contribution in [0.4, 0.5) is 20.2 Å². The van der Waals surface area contributed by atoms with Gasteiger partial charge in [0.05, 0.1) is 15.5 Å². The summed E-state index contributed by atoms with van der Waals surface area (Å²) in [5, 5.41) is 2.70. The number of piperazine rings is 1. The molecule has 6 nitrogen and oxygen atoms in total. The number of hydrogen-bond donors (Lipinski definition) is 1. The lowest BCUT2D eigenvalue weighted by atomic mass is 10.2. The second-order valence-electron chi connectivity index (χ2n) is 7.73. The van der Waals surface area contributed by atoms with E-state index < -0.39 is 26.4 Å². The highest BCUT2D eigenvalue weighted by molar-refractivity contribution is 7.91. The van der Waals surface area contributed by atoms with E-state index in [9.17, 15) is 22.0 Å². The maximum atomic E-state index is 13.7. The molecule has 168 valence electrons. The highest BCUT2D eigenvalue weighted by Crippen LogP contribution is 2.32. The van der Waals surface area contributed by atoms with Crippen molar-refractivity contribution in [3.8, 4) is 0 Å². The number of sulfone groups is 1. The summed E-state index contributed by atoms with van der Waals surface area (Å²) in [6.45, 7) is 5.21. The summed E-state index contributed by atoms with van der Waals surface area (Å²) in [5.74, 6) is -2.28. The van der Waals surface area contributed by atoms with Gasteiger partial charge in [-0.05, 0) is 43.8 Å². The number of nitrogens with one attached hydrogen (secondary N) is 1. The van der Waals surface area contributed by atoms with Crippen LogP contribution in [0.15, 0.2) is 46.2 Å². The van der Waals surface area contributed by atoms with Crippen LogP contribution < -0.4 is 10.2 Å². The lowest BCUT2D eigenvalue weighted by molar-refractivity contribution is -0.116. The average Bonchev–Trinajstić information content (AvgIpc) is 2.72. The Morgan fingerprint density at radius 2 is 1.68 bits per heavy atom. The lowest BCUT2D eigenvalue weighted by Gasteiger charge is -2.34. The van der Waals surface area contributed by atoms with Crippen molar-refractivity contribution >= 4 is 27.1 Å². The Bertz CT molecular complexity index is 1030. The number of unbranched alkanes of at least 4 members (excludes halogenated alkanes) is 1. The molecule has 1 saturated heterocycles. The minimum atomic E-state index is -4.26. The van der Waals surface area contributed by atoms with Crippen LogP contribution in [-0.2, 0) is 14.6 Å². The molecule has 0 spiro atoms. The Morgan fingerprint density at radius 3 is 2.29 bits per heavy atom. The van der Waals surface area contributed by atoms with E-state index in [4.69, 9.17) is 0 Å². The molecule has 2 aromatic carbocycles. The van der Waals surface area contributed by atoms with Gasteiger partial charge in [0.15, 0.2) is 0 Å². The second kappa shape index (κ2) is 9.74. The van der Waals surface area contributed by atoms with Crippen LogP contribution in [0.25, 0.3) is 0 Å². The Labute approximate surface area is 181 Å². The molecule has 0 saturated carbocycles. The maximum Gasteiger partial charge on any atom is 0.224 e. The van der Waals surface area contributed by atoms with Crippen molar-refractivity contribution < 1.29 is 22.0 Å². The van der Waals surface area contributed by atoms with Gasteiger partial charge in [-0.3, -0.25) is 4.79 Å². The zero-order valence-corrected chi connectivity index (χ0v) is 18.5. The fraction of sp³-hybridized carbons (Fsp3) is 0.409. The van der Waals surface area contributed by atoms with Crippen LogP contribution in [-0.4, -0.2) is 52.5 Å². The lowest BCUT2D eigenvalue weighted by Crippen LogP contribution is -2.44. The van der Waals surface area contributed by atoms with E-state index in [0.29, 0.717) is 12.5 Å². The van der Waals surface area contributed by atoms with Crippen molar-refractivity contribution in [3.63, 3.8) is 0 Å². The van der Waals surface area contributed by atoms with Gasteiger partial charge in [0, 0.05) is 44.4 Å². The molecule has 0 bridgehead atoms. The predicted octanol–water partition coefficient (Wildman–Crippen LogP) is 3.68. The monoisotopic (exact) mass is 451 g/mol. The molecule has 1 fully saturated rings. The quantitative estimate of drug-likeness (QED) is 0.696. The first-order valence-corrected chi connectivity index (χ1v) is 11.8. The summed E-state index contributed by atoms with van der Waals surface area (Å²) in [7, 11) is -2.23. The Morgan fingerprint density at radius 1 is 1.03 bits per heavy atom. The predicted molar refractivity (Wildman–Crippen MR) is 116 cm³/mol. The number of amides is 1. The molecule has 0 aromatic heterocycles. The molecular weight excluding hydrogens is 424 g/mol. The molecule has 0 aliphatic carbocycles. The SMILES string of the molecule is CCCCC(=O)Nc1cc(N2CCN(C)CC2)ccc1S(=O)(=O)c1cc(F)cc(F)c1. The molecule has 1 heterocycles. The molecule has 3 rings (SSSR count). The third kappa shape index (κ3) is 5.59. The topological polar surface area (TPSA) is 69.7 Å². The smallest absolute Gasteiger partial charge is 0.224 e. The van der Waals surface area contributed by atoms with E-state index in [-0.39, 0.29) is 22.9 Å². The number of anilines is 2. The van der Waals surface area contributed by atoms with Gasteiger partial charge in [0.1, 0.15) is 11.6 Å². The molecule has 1 aliphatic rings. The Kier molecular flexibility index (Phi) is 7.27. The van der Waals surface area contributed by atoms with Crippen molar-refractivity contribution in [3.05, 3.63) is 48.0 Å². The summed E-state index contributed by atoms with van der Waals surface area (Å²) in [6.07, 6.45) is 1.74. The van der Waals surface area contributed by atoms with Gasteiger partial charge in [-0.2, -0.15) is 0 Å². The number of hydrogen-bond acceptors (Lipinski definition) is 5. The first kappa shape index (κ1) is 23.1. The number of halogens is 2. The largest absolute Gasteiger partial charge is 0.369 e. The summed E-state index contributed by atoms with van der Waals surface area (Å²) < 4.78 is 53.7. The van der Waals surface area contributed by atoms with E-state index in [0.717, 1.165) is 50.4 Å². The molecule has 1 aliphatic heterocycles. The molecule has 31 heavy (non-hydrogen) atoms. The molecule has 2 aromatic rings. The van der Waals surface area contributed by atoms with E-state index >= 15 is 0 Å². The Balaban J connectivity index is 2.02. The van der Waals surface area contributed by atoms with Gasteiger partial charge in [0.2, 0.25) is 15.7 Å². The molecule has 9 heteroatoms. The van der Waals surface area contributed by atoms with Crippen molar-refractivity contribution in [2.45, 2.75) is 36.0 Å². The van der Waals surface area contributed by atoms with Crippen LogP contribution in [0.3, 0.4) is 0 Å². The standard InChI is InChI=1S/C22H27F2N3O3S/c1-3-4-5-22(28)25-20-15-18(27-10-8-26(2)9-11-27)6-7-21(20)31(29,30)19-13-16(23)12-17(24)14-19/h6-7,12-15H,3-5,8-11H2,1-2H3,(H,25,28). The summed E-state index contributed by atoms with van der Waals surface area (Å²) in [4.78, 5) is 16.0. The number of rotatable bonds is 7. The highest BCUT2D eigenvalue weighted by atomic mass is 32.2. The zero-order valence-electron chi connectivity index (χ0n) is 17.7. The molecule has 1 N–H and O–H groups in total. The molecule has 0 unspecified atom stereocenters. The number of carbonyl (C=O) groups excluding carboxylic acids is 1. The van der Waals surface area contributed by atoms with E-state index in [1.165, 1.54) is 6.07 Å². The van der Waals surface area contributed by atoms with Gasteiger partial charge in [0.25, 0.3) is 0 Å². The van der Waals surface area contributed by atoms with Gasteiger partial charge in [-0.25, -0.2) is 17.2 Å². The third-order valence-corrected chi connectivity index (χ3v) is 7.09. The van der Waals surface area contributed by atoms with E-state index in [1.54, 1.807) is 12.1 Å². The molecule has 0 atom stereocenters. The van der Waals surface area contributed by atoms with Crippen LogP contribution in [0.5, 0.6) is 0 Å². The van der Waals surface area contributed by atoms with Crippen molar-refractivity contribution in [1.29, 1.82) is 0 Å². The van der Waals surface area contributed by atoms with Gasteiger partial charge in [-0.1, -0.05) is 13.3 Å². The molecule has 0 radical (unpaired) electrons. The Hall–Kier alpha value is -2.52. The first-order chi connectivity index (χ1) is 14.7. The average molecular weight is 452 g/mol. The number of benzene rings is 2. The van der Waals surface area contributed by atoms with E-state index in [2.05, 4.69) is 15.1 Å². The zero-order chi connectivity index (χ0) is 22.6. The van der Waals surface area contributed by atoms with Crippen molar-refractivity contribution in [1.82, 2.24) is 4.90 Å².